The molecule has 2 aromatic rings. The molecular formula is C20H17N3O8S. The van der Waals surface area contributed by atoms with Crippen LogP contribution in [-0.4, -0.2) is 52.2 Å². The molecule has 0 spiro atoms. The van der Waals surface area contributed by atoms with Crippen LogP contribution in [-0.2, 0) is 14.3 Å². The van der Waals surface area contributed by atoms with Crippen molar-refractivity contribution in [1.29, 1.82) is 0 Å². The molecule has 0 bridgehead atoms. The second kappa shape index (κ2) is 9.47. The van der Waals surface area contributed by atoms with E-state index in [0.717, 1.165) is 11.1 Å². The molecule has 1 fully saturated rings. The Morgan fingerprint density at radius 1 is 1.22 bits per heavy atom. The van der Waals surface area contributed by atoms with Crippen LogP contribution in [0.5, 0.6) is 17.4 Å². The van der Waals surface area contributed by atoms with Crippen LogP contribution in [0.3, 0.4) is 0 Å². The molecule has 3 rings (SSSR count). The van der Waals surface area contributed by atoms with E-state index in [1.54, 1.807) is 18.2 Å². The molecule has 2 heterocycles. The third-order valence-corrected chi connectivity index (χ3v) is 5.27. The first-order chi connectivity index (χ1) is 15.2. The highest BCUT2D eigenvalue weighted by Gasteiger charge is 2.41. The fourth-order valence-corrected chi connectivity index (χ4v) is 3.66. The number of imide groups is 1. The number of amides is 2. The summed E-state index contributed by atoms with van der Waals surface area (Å²) >= 11 is 0.710. The van der Waals surface area contributed by atoms with E-state index >= 15 is 0 Å². The highest BCUT2D eigenvalue weighted by atomic mass is 32.2. The lowest BCUT2D eigenvalue weighted by Gasteiger charge is -2.18. The van der Waals surface area contributed by atoms with Gasteiger partial charge < -0.3 is 14.2 Å². The van der Waals surface area contributed by atoms with Crippen molar-refractivity contribution in [3.63, 3.8) is 0 Å². The molecule has 32 heavy (non-hydrogen) atoms. The van der Waals surface area contributed by atoms with E-state index in [2.05, 4.69) is 9.72 Å². The van der Waals surface area contributed by atoms with Crippen LogP contribution in [0.25, 0.3) is 6.08 Å². The quantitative estimate of drug-likeness (QED) is 0.262. The molecule has 1 aromatic heterocycles. The Bertz CT molecular complexity index is 1120. The first kappa shape index (κ1) is 22.7. The summed E-state index contributed by atoms with van der Waals surface area (Å²) < 4.78 is 15.5. The molecule has 1 aliphatic heterocycles. The van der Waals surface area contributed by atoms with Crippen molar-refractivity contribution in [3.8, 4) is 17.4 Å². The summed E-state index contributed by atoms with van der Waals surface area (Å²) in [6, 6.07) is 6.34. The second-order valence-electron chi connectivity index (χ2n) is 6.37. The van der Waals surface area contributed by atoms with Crippen LogP contribution < -0.4 is 9.47 Å². The van der Waals surface area contributed by atoms with Gasteiger partial charge in [0.25, 0.3) is 16.8 Å². The fourth-order valence-electron chi connectivity index (χ4n) is 2.75. The Kier molecular flexibility index (Phi) is 6.73. The standard InChI is InChI=1S/C20H17N3O8S/c1-11(19(25)30-3)22-18(24)16(32-20(22)26)9-12-4-6-14(15(8-12)29-2)31-17-7-5-13(10-21-17)23(27)28/h4-11H,1-3H3/b16-9+/t11-/m0/s1. The summed E-state index contributed by atoms with van der Waals surface area (Å²) in [5.74, 6) is -0.581. The lowest BCUT2D eigenvalue weighted by molar-refractivity contribution is -0.385. The molecule has 1 atom stereocenters. The van der Waals surface area contributed by atoms with Crippen LogP contribution >= 0.6 is 11.8 Å². The maximum Gasteiger partial charge on any atom is 0.328 e. The number of benzene rings is 1. The number of hydrogen-bond acceptors (Lipinski definition) is 10. The second-order valence-corrected chi connectivity index (χ2v) is 7.37. The minimum absolute atomic E-state index is 0.125. The van der Waals surface area contributed by atoms with E-state index in [-0.39, 0.29) is 16.5 Å². The Hall–Kier alpha value is -3.93. The van der Waals surface area contributed by atoms with Crippen molar-refractivity contribution >= 4 is 40.6 Å². The predicted molar refractivity (Wildman–Crippen MR) is 113 cm³/mol. The van der Waals surface area contributed by atoms with E-state index in [4.69, 9.17) is 9.47 Å². The van der Waals surface area contributed by atoms with Gasteiger partial charge in [-0.3, -0.25) is 24.6 Å². The summed E-state index contributed by atoms with van der Waals surface area (Å²) in [6.07, 6.45) is 2.56. The fraction of sp³-hybridized carbons (Fsp3) is 0.200. The monoisotopic (exact) mass is 459 g/mol. The molecule has 1 aromatic carbocycles. The number of methoxy groups -OCH3 is 2. The molecule has 0 N–H and O–H groups in total. The number of nitrogens with zero attached hydrogens (tertiary/aromatic N) is 3. The zero-order valence-electron chi connectivity index (χ0n) is 17.1. The predicted octanol–water partition coefficient (Wildman–Crippen LogP) is 3.39. The maximum atomic E-state index is 12.6. The van der Waals surface area contributed by atoms with Gasteiger partial charge in [-0.1, -0.05) is 6.07 Å². The smallest absolute Gasteiger partial charge is 0.328 e. The minimum atomic E-state index is -1.04. The zero-order valence-corrected chi connectivity index (χ0v) is 18.0. The largest absolute Gasteiger partial charge is 0.493 e. The van der Waals surface area contributed by atoms with E-state index in [9.17, 15) is 24.5 Å². The van der Waals surface area contributed by atoms with Crippen molar-refractivity contribution in [3.05, 3.63) is 57.1 Å². The lowest BCUT2D eigenvalue weighted by Crippen LogP contribution is -2.42. The minimum Gasteiger partial charge on any atom is -0.493 e. The molecular weight excluding hydrogens is 442 g/mol. The Balaban J connectivity index is 1.82. The normalized spacial score (nSPS) is 15.6. The molecule has 0 unspecified atom stereocenters. The highest BCUT2D eigenvalue weighted by Crippen LogP contribution is 2.36. The van der Waals surface area contributed by atoms with Gasteiger partial charge in [0.1, 0.15) is 12.2 Å². The lowest BCUT2D eigenvalue weighted by atomic mass is 10.1. The van der Waals surface area contributed by atoms with Crippen molar-refractivity contribution in [2.24, 2.45) is 0 Å². The molecule has 1 saturated heterocycles. The third kappa shape index (κ3) is 4.70. The molecule has 12 heteroatoms. The third-order valence-electron chi connectivity index (χ3n) is 4.38. The number of aromatic nitrogens is 1. The zero-order chi connectivity index (χ0) is 23.4. The maximum absolute atomic E-state index is 12.6. The van der Waals surface area contributed by atoms with Crippen LogP contribution in [0.2, 0.25) is 0 Å². The SMILES string of the molecule is COC(=O)[C@H](C)N1C(=O)S/C(=C/c2ccc(Oc3ccc([N+](=O)[O-])cn3)c(OC)c2)C1=O. The van der Waals surface area contributed by atoms with Crippen molar-refractivity contribution in [1.82, 2.24) is 9.88 Å². The van der Waals surface area contributed by atoms with E-state index < -0.39 is 28.1 Å². The first-order valence-electron chi connectivity index (χ1n) is 9.06. The van der Waals surface area contributed by atoms with E-state index in [0.29, 0.717) is 28.8 Å². The summed E-state index contributed by atoms with van der Waals surface area (Å²) in [4.78, 5) is 51.6. The number of esters is 1. The van der Waals surface area contributed by atoms with Crippen LogP contribution in [0.15, 0.2) is 41.4 Å². The van der Waals surface area contributed by atoms with Crippen molar-refractivity contribution in [2.75, 3.05) is 14.2 Å². The van der Waals surface area contributed by atoms with Gasteiger partial charge >= 0.3 is 5.97 Å². The molecule has 11 nitrogen and oxygen atoms in total. The van der Waals surface area contributed by atoms with Gasteiger partial charge in [-0.2, -0.15) is 0 Å². The van der Waals surface area contributed by atoms with Gasteiger partial charge in [0.2, 0.25) is 5.88 Å². The summed E-state index contributed by atoms with van der Waals surface area (Å²) in [5.41, 5.74) is 0.372. The molecule has 0 aliphatic carbocycles. The van der Waals surface area contributed by atoms with E-state index in [1.807, 2.05) is 0 Å². The number of thioether (sulfide) groups is 1. The summed E-state index contributed by atoms with van der Waals surface area (Å²) in [5, 5.41) is 10.2. The Labute approximate surface area is 186 Å². The average molecular weight is 459 g/mol. The van der Waals surface area contributed by atoms with E-state index in [1.165, 1.54) is 39.4 Å². The van der Waals surface area contributed by atoms with Crippen LogP contribution in [0.1, 0.15) is 12.5 Å². The number of ether oxygens (including phenoxy) is 3. The molecule has 2 amide bonds. The van der Waals surface area contributed by atoms with Gasteiger partial charge in [0.05, 0.1) is 24.0 Å². The topological polar surface area (TPSA) is 138 Å². The average Bonchev–Trinajstić information content (AvgIpc) is 3.06. The van der Waals surface area contributed by atoms with Gasteiger partial charge in [0, 0.05) is 12.1 Å². The van der Waals surface area contributed by atoms with Crippen molar-refractivity contribution in [2.45, 2.75) is 13.0 Å². The first-order valence-corrected chi connectivity index (χ1v) is 9.88. The highest BCUT2D eigenvalue weighted by molar-refractivity contribution is 8.18. The van der Waals surface area contributed by atoms with Crippen LogP contribution in [0, 0.1) is 10.1 Å². The van der Waals surface area contributed by atoms with Gasteiger partial charge in [-0.15, -0.1) is 0 Å². The number of carbonyl (C=O) groups is 3. The number of carbonyl (C=O) groups excluding carboxylic acids is 3. The molecule has 166 valence electrons. The number of pyridine rings is 1. The summed E-state index contributed by atoms with van der Waals surface area (Å²) in [6.45, 7) is 1.41. The molecule has 0 saturated carbocycles. The molecule has 1 aliphatic rings. The van der Waals surface area contributed by atoms with Crippen LogP contribution in [0.4, 0.5) is 10.5 Å². The number of hydrogen-bond donors (Lipinski definition) is 0. The summed E-state index contributed by atoms with van der Waals surface area (Å²) in [7, 11) is 2.59. The molecule has 0 radical (unpaired) electrons. The van der Waals surface area contributed by atoms with Gasteiger partial charge in [-0.05, 0) is 42.5 Å². The van der Waals surface area contributed by atoms with Gasteiger partial charge in [-0.25, -0.2) is 9.78 Å². The van der Waals surface area contributed by atoms with Gasteiger partial charge in [0.15, 0.2) is 11.5 Å². The number of rotatable bonds is 7. The Morgan fingerprint density at radius 2 is 1.97 bits per heavy atom. The number of nitro groups is 1. The Morgan fingerprint density at radius 3 is 2.56 bits per heavy atom. The van der Waals surface area contributed by atoms with Crippen molar-refractivity contribution < 1.29 is 33.5 Å².